The van der Waals surface area contributed by atoms with E-state index >= 15 is 0 Å². The van der Waals surface area contributed by atoms with Crippen molar-refractivity contribution < 1.29 is 19.1 Å². The van der Waals surface area contributed by atoms with Crippen molar-refractivity contribution in [1.29, 1.82) is 0 Å². The molecule has 0 aromatic heterocycles. The molecule has 4 nitrogen and oxygen atoms in total. The van der Waals surface area contributed by atoms with E-state index in [0.29, 0.717) is 6.61 Å². The minimum absolute atomic E-state index is 0.0604. The molecule has 4 aromatic carbocycles. The van der Waals surface area contributed by atoms with Gasteiger partial charge in [-0.2, -0.15) is 0 Å². The quantitative estimate of drug-likeness (QED) is 0.0520. The third kappa shape index (κ3) is 15.1. The lowest BCUT2D eigenvalue weighted by molar-refractivity contribution is -0.136. The van der Waals surface area contributed by atoms with E-state index < -0.39 is 5.97 Å². The summed E-state index contributed by atoms with van der Waals surface area (Å²) in [5.74, 6) is 11.8. The lowest BCUT2D eigenvalue weighted by Gasteiger charge is -2.18. The van der Waals surface area contributed by atoms with Crippen LogP contribution in [0.1, 0.15) is 101 Å². The van der Waals surface area contributed by atoms with Crippen LogP contribution in [-0.2, 0) is 19.1 Å². The van der Waals surface area contributed by atoms with E-state index in [0.717, 1.165) is 83.1 Å². The van der Waals surface area contributed by atoms with Crippen LogP contribution in [0, 0.1) is 34.5 Å². The molecule has 0 fully saturated rings. The monoisotopic (exact) mass is 680 g/mol. The second-order valence-corrected chi connectivity index (χ2v) is 14.4. The number of carbonyl (C=O) groups excluding carboxylic acids is 2. The van der Waals surface area contributed by atoms with Gasteiger partial charge in [-0.3, -0.25) is 0 Å². The van der Waals surface area contributed by atoms with Crippen LogP contribution in [0.3, 0.4) is 0 Å². The van der Waals surface area contributed by atoms with Gasteiger partial charge in [-0.25, -0.2) is 4.79 Å². The van der Waals surface area contributed by atoms with Gasteiger partial charge < -0.3 is 14.3 Å². The number of carbonyl (C=O) groups is 2. The first-order valence-corrected chi connectivity index (χ1v) is 17.6. The van der Waals surface area contributed by atoms with Gasteiger partial charge in [0.05, 0.1) is 6.61 Å². The predicted octanol–water partition coefficient (Wildman–Crippen LogP) is 10.4. The molecule has 264 valence electrons. The summed E-state index contributed by atoms with van der Waals surface area (Å²) in [5, 5.41) is 0. The van der Waals surface area contributed by atoms with Crippen LogP contribution in [0.5, 0.6) is 0 Å². The first-order valence-electron chi connectivity index (χ1n) is 17.6. The second kappa shape index (κ2) is 20.5. The lowest BCUT2D eigenvalue weighted by Crippen LogP contribution is -2.04. The van der Waals surface area contributed by atoms with Crippen LogP contribution in [0.25, 0.3) is 11.1 Å². The van der Waals surface area contributed by atoms with Crippen LogP contribution in [0.2, 0.25) is 0 Å². The Balaban J connectivity index is 0.00000107. The predicted molar refractivity (Wildman–Crippen MR) is 211 cm³/mol. The first kappa shape index (κ1) is 40.3. The van der Waals surface area contributed by atoms with Crippen LogP contribution < -0.4 is 0 Å². The van der Waals surface area contributed by atoms with E-state index in [-0.39, 0.29) is 10.8 Å². The minimum Gasteiger partial charge on any atom is -0.456 e. The molecule has 0 saturated carbocycles. The summed E-state index contributed by atoms with van der Waals surface area (Å²) in [4.78, 5) is 22.0. The second-order valence-electron chi connectivity index (χ2n) is 14.4. The van der Waals surface area contributed by atoms with Gasteiger partial charge >= 0.3 is 5.97 Å². The molecule has 0 spiro atoms. The van der Waals surface area contributed by atoms with Crippen molar-refractivity contribution in [2.75, 3.05) is 20.3 Å². The van der Waals surface area contributed by atoms with Crippen LogP contribution in [-0.4, -0.2) is 32.6 Å². The van der Waals surface area contributed by atoms with Crippen molar-refractivity contribution in [2.45, 2.75) is 67.2 Å². The number of esters is 1. The average molecular weight is 681 g/mol. The molecule has 0 aliphatic carbocycles. The van der Waals surface area contributed by atoms with Gasteiger partial charge in [0.15, 0.2) is 0 Å². The molecule has 4 rings (SSSR count). The minimum atomic E-state index is -0.497. The highest BCUT2D eigenvalue weighted by atomic mass is 16.5. The number of aldehydes is 1. The summed E-state index contributed by atoms with van der Waals surface area (Å²) >= 11 is 0. The Labute approximate surface area is 306 Å². The van der Waals surface area contributed by atoms with E-state index in [1.165, 1.54) is 0 Å². The summed E-state index contributed by atoms with van der Waals surface area (Å²) in [6.07, 6.45) is 4.85. The zero-order valence-corrected chi connectivity index (χ0v) is 31.3. The van der Waals surface area contributed by atoms with Gasteiger partial charge in [-0.05, 0) is 97.7 Å². The normalized spacial score (nSPS) is 11.4. The Morgan fingerprint density at radius 2 is 1.00 bits per heavy atom. The van der Waals surface area contributed by atoms with Crippen molar-refractivity contribution in [1.82, 2.24) is 0 Å². The molecule has 51 heavy (non-hydrogen) atoms. The molecule has 4 heteroatoms. The maximum absolute atomic E-state index is 12.2. The van der Waals surface area contributed by atoms with Crippen molar-refractivity contribution in [2.24, 2.45) is 10.8 Å². The molecule has 0 aliphatic heterocycles. The number of ether oxygens (including phenoxy) is 2. The standard InChI is InChI=1S/C42H42O3.C5H10O/c1-42(2,3)30-29-34-21-26-38(27-22-34)41(36-17-11-8-12-18-36)40(35-15-9-7-10-16-35)37-24-19-33(20-25-37)23-28-39(43)45-32-14-6-5-13-31-44-4;1-5(2,3)4-6/h7-12,15-22,24-27H,5-6,13-14,31-32H2,1-4H3;4H,1-3H3/b41-40+;. The van der Waals surface area contributed by atoms with Gasteiger partial charge in [0, 0.05) is 41.6 Å². The highest BCUT2D eigenvalue weighted by Gasteiger charge is 2.16. The molecule has 0 amide bonds. The average Bonchev–Trinajstić information content (AvgIpc) is 3.13. The topological polar surface area (TPSA) is 52.6 Å². The SMILES string of the molecule is CC(C)(C)C=O.COCCCCCCOC(=O)C#Cc1ccc(/C(=C(\c2ccccc2)c2ccc(C#CC(C)(C)C)cc2)c2ccccc2)cc1. The third-order valence-electron chi connectivity index (χ3n) is 7.44. The number of methoxy groups -OCH3 is 1. The fourth-order valence-corrected chi connectivity index (χ4v) is 4.85. The largest absolute Gasteiger partial charge is 0.456 e. The molecular weight excluding hydrogens is 629 g/mol. The zero-order valence-electron chi connectivity index (χ0n) is 31.3. The Kier molecular flexibility index (Phi) is 16.2. The summed E-state index contributed by atoms with van der Waals surface area (Å²) in [6, 6.07) is 37.5. The summed E-state index contributed by atoms with van der Waals surface area (Å²) in [5.41, 5.74) is 8.17. The Morgan fingerprint density at radius 3 is 1.41 bits per heavy atom. The van der Waals surface area contributed by atoms with Gasteiger partial charge in [-0.1, -0.05) is 130 Å². The van der Waals surface area contributed by atoms with Gasteiger partial charge in [0.25, 0.3) is 0 Å². The van der Waals surface area contributed by atoms with E-state index in [2.05, 4.69) is 129 Å². The zero-order chi connectivity index (χ0) is 37.1. The Bertz CT molecular complexity index is 1810. The maximum atomic E-state index is 12.2. The molecule has 0 heterocycles. The number of unbranched alkanes of at least 4 members (excludes halogenated alkanes) is 3. The third-order valence-corrected chi connectivity index (χ3v) is 7.44. The van der Waals surface area contributed by atoms with Crippen LogP contribution in [0.4, 0.5) is 0 Å². The summed E-state index contributed by atoms with van der Waals surface area (Å²) in [6.45, 7) is 13.1. The van der Waals surface area contributed by atoms with Crippen molar-refractivity contribution in [3.8, 4) is 23.7 Å². The number of rotatable bonds is 11. The van der Waals surface area contributed by atoms with Crippen LogP contribution >= 0.6 is 0 Å². The molecule has 0 bridgehead atoms. The number of hydrogen-bond donors (Lipinski definition) is 0. The van der Waals surface area contributed by atoms with E-state index in [9.17, 15) is 9.59 Å². The molecule has 0 atom stereocenters. The highest BCUT2D eigenvalue weighted by molar-refractivity contribution is 6.04. The molecule has 0 saturated heterocycles. The maximum Gasteiger partial charge on any atom is 0.384 e. The van der Waals surface area contributed by atoms with Crippen molar-refractivity contribution in [3.63, 3.8) is 0 Å². The Hall–Kier alpha value is -5.16. The van der Waals surface area contributed by atoms with E-state index in [1.807, 2.05) is 45.0 Å². The summed E-state index contributed by atoms with van der Waals surface area (Å²) < 4.78 is 10.4. The van der Waals surface area contributed by atoms with Gasteiger partial charge in [0.2, 0.25) is 0 Å². The van der Waals surface area contributed by atoms with Crippen molar-refractivity contribution in [3.05, 3.63) is 143 Å². The van der Waals surface area contributed by atoms with E-state index in [1.54, 1.807) is 7.11 Å². The molecule has 0 aliphatic rings. The molecule has 0 unspecified atom stereocenters. The van der Waals surface area contributed by atoms with Gasteiger partial charge in [0.1, 0.15) is 6.29 Å². The molecular formula is C47H52O4. The van der Waals surface area contributed by atoms with Crippen LogP contribution in [0.15, 0.2) is 109 Å². The fraction of sp³-hybridized carbons (Fsp3) is 0.319. The molecule has 4 aromatic rings. The Morgan fingerprint density at radius 1 is 0.588 bits per heavy atom. The number of benzene rings is 4. The summed E-state index contributed by atoms with van der Waals surface area (Å²) in [7, 11) is 1.71. The first-order chi connectivity index (χ1) is 24.4. The van der Waals surface area contributed by atoms with Gasteiger partial charge in [-0.15, -0.1) is 0 Å². The highest BCUT2D eigenvalue weighted by Crippen LogP contribution is 2.37. The smallest absolute Gasteiger partial charge is 0.384 e. The molecule has 0 N–H and O–H groups in total. The molecule has 0 radical (unpaired) electrons. The number of hydrogen-bond acceptors (Lipinski definition) is 4. The van der Waals surface area contributed by atoms with E-state index in [4.69, 9.17) is 9.47 Å². The fourth-order valence-electron chi connectivity index (χ4n) is 4.85. The lowest BCUT2D eigenvalue weighted by atomic mass is 9.85. The van der Waals surface area contributed by atoms with Crippen molar-refractivity contribution >= 4 is 23.4 Å².